The van der Waals surface area contributed by atoms with Gasteiger partial charge in [0.1, 0.15) is 11.9 Å². The van der Waals surface area contributed by atoms with Gasteiger partial charge in [0.2, 0.25) is 11.8 Å². The van der Waals surface area contributed by atoms with Gasteiger partial charge in [-0.15, -0.1) is 0 Å². The van der Waals surface area contributed by atoms with E-state index in [1.807, 2.05) is 6.92 Å². The molecule has 0 aromatic carbocycles. The highest BCUT2D eigenvalue weighted by Crippen LogP contribution is 2.33. The third-order valence-electron chi connectivity index (χ3n) is 4.95. The van der Waals surface area contributed by atoms with Crippen molar-refractivity contribution < 1.29 is 19.5 Å². The number of pyridine rings is 1. The monoisotopic (exact) mass is 383 g/mol. The first-order valence-corrected chi connectivity index (χ1v) is 8.97. The third-order valence-corrected chi connectivity index (χ3v) is 4.95. The molecule has 0 spiro atoms. The number of nitrogen functional groups attached to an aromatic ring is 1. The van der Waals surface area contributed by atoms with Gasteiger partial charge in [0.05, 0.1) is 11.6 Å². The van der Waals surface area contributed by atoms with Gasteiger partial charge in [0, 0.05) is 37.1 Å². The number of hydrogen-bond donors (Lipinski definition) is 2. The first-order valence-electron chi connectivity index (χ1n) is 8.97. The molecule has 0 unspecified atom stereocenters. The van der Waals surface area contributed by atoms with E-state index in [1.54, 1.807) is 18.3 Å². The van der Waals surface area contributed by atoms with Crippen LogP contribution in [0.1, 0.15) is 36.9 Å². The smallest absolute Gasteiger partial charge is 0.327 e. The highest BCUT2D eigenvalue weighted by molar-refractivity contribution is 6.08. The van der Waals surface area contributed by atoms with Crippen molar-refractivity contribution in [3.05, 3.63) is 48.2 Å². The Morgan fingerprint density at radius 3 is 2.68 bits per heavy atom. The number of carboxylic acids is 1. The standard InChI is InChI=1S/C19H21N5O4/c1-2-12(14-10-21-5-6-22-14)9-16(25)24-17(19(27)28)13(18(24)26)7-11-3-4-23-15(20)8-11/h3-6,8,10,12-13,17H,2,7,9H2,1H3,(H2,20,23)(H,27,28)/t12-,13+,17-/m0/s1. The van der Waals surface area contributed by atoms with Gasteiger partial charge in [-0.3, -0.25) is 24.5 Å². The second kappa shape index (κ2) is 8.12. The summed E-state index contributed by atoms with van der Waals surface area (Å²) < 4.78 is 0. The molecule has 2 amide bonds. The molecule has 0 saturated carbocycles. The number of carbonyl (C=O) groups is 3. The summed E-state index contributed by atoms with van der Waals surface area (Å²) in [7, 11) is 0. The molecule has 2 aromatic rings. The van der Waals surface area contributed by atoms with Crippen LogP contribution >= 0.6 is 0 Å². The topological polar surface area (TPSA) is 139 Å². The second-order valence-corrected chi connectivity index (χ2v) is 6.72. The number of β-lactam (4-membered cyclic amide) rings is 1. The molecule has 9 heteroatoms. The number of likely N-dealkylation sites (tertiary alicyclic amines) is 1. The van der Waals surface area contributed by atoms with Crippen molar-refractivity contribution in [1.29, 1.82) is 0 Å². The molecule has 3 heterocycles. The molecule has 3 rings (SSSR count). The molecule has 9 nitrogen and oxygen atoms in total. The van der Waals surface area contributed by atoms with E-state index < -0.39 is 29.7 Å². The molecule has 0 bridgehead atoms. The number of imide groups is 1. The van der Waals surface area contributed by atoms with E-state index >= 15 is 0 Å². The fraction of sp³-hybridized carbons (Fsp3) is 0.368. The van der Waals surface area contributed by atoms with Gasteiger partial charge in [0.15, 0.2) is 0 Å². The molecule has 146 valence electrons. The van der Waals surface area contributed by atoms with E-state index in [4.69, 9.17) is 5.73 Å². The van der Waals surface area contributed by atoms with Crippen molar-refractivity contribution in [1.82, 2.24) is 19.9 Å². The summed E-state index contributed by atoms with van der Waals surface area (Å²) in [6.45, 7) is 1.90. The minimum atomic E-state index is -1.20. The van der Waals surface area contributed by atoms with E-state index in [0.717, 1.165) is 4.90 Å². The second-order valence-electron chi connectivity index (χ2n) is 6.72. The molecule has 0 radical (unpaired) electrons. The van der Waals surface area contributed by atoms with Crippen molar-refractivity contribution >= 4 is 23.6 Å². The van der Waals surface area contributed by atoms with Crippen molar-refractivity contribution in [3.63, 3.8) is 0 Å². The number of anilines is 1. The number of hydrogen-bond acceptors (Lipinski definition) is 7. The number of amides is 2. The number of carbonyl (C=O) groups excluding carboxylic acids is 2. The maximum absolute atomic E-state index is 12.7. The molecule has 1 saturated heterocycles. The van der Waals surface area contributed by atoms with Crippen LogP contribution in [0.25, 0.3) is 0 Å². The lowest BCUT2D eigenvalue weighted by Gasteiger charge is -2.43. The van der Waals surface area contributed by atoms with Gasteiger partial charge in [-0.25, -0.2) is 9.78 Å². The van der Waals surface area contributed by atoms with Crippen molar-refractivity contribution in [3.8, 4) is 0 Å². The highest BCUT2D eigenvalue weighted by atomic mass is 16.4. The summed E-state index contributed by atoms with van der Waals surface area (Å²) in [5.41, 5.74) is 6.98. The molecule has 3 N–H and O–H groups in total. The normalized spacial score (nSPS) is 19.8. The van der Waals surface area contributed by atoms with Crippen LogP contribution in [0.4, 0.5) is 5.82 Å². The minimum absolute atomic E-state index is 0.000359. The molecular formula is C19H21N5O4. The number of rotatable bonds is 7. The molecular weight excluding hydrogens is 362 g/mol. The van der Waals surface area contributed by atoms with Gasteiger partial charge < -0.3 is 10.8 Å². The lowest BCUT2D eigenvalue weighted by Crippen LogP contribution is -2.66. The lowest BCUT2D eigenvalue weighted by atomic mass is 9.81. The molecule has 28 heavy (non-hydrogen) atoms. The maximum atomic E-state index is 12.7. The molecule has 3 atom stereocenters. The molecule has 2 aromatic heterocycles. The summed E-state index contributed by atoms with van der Waals surface area (Å²) in [4.78, 5) is 50.0. The summed E-state index contributed by atoms with van der Waals surface area (Å²) in [5, 5.41) is 9.58. The fourth-order valence-electron chi connectivity index (χ4n) is 3.47. The van der Waals surface area contributed by atoms with Crippen LogP contribution in [0.2, 0.25) is 0 Å². The number of aromatic nitrogens is 3. The van der Waals surface area contributed by atoms with E-state index in [1.165, 1.54) is 18.6 Å². The van der Waals surface area contributed by atoms with Crippen molar-refractivity contribution in [2.75, 3.05) is 5.73 Å². The van der Waals surface area contributed by atoms with E-state index in [0.29, 0.717) is 23.5 Å². The summed E-state index contributed by atoms with van der Waals surface area (Å²) in [5.74, 6) is -2.95. The Balaban J connectivity index is 1.73. The summed E-state index contributed by atoms with van der Waals surface area (Å²) >= 11 is 0. The Hall–Kier alpha value is -3.36. The van der Waals surface area contributed by atoms with E-state index in [9.17, 15) is 19.5 Å². The highest BCUT2D eigenvalue weighted by Gasteiger charge is 2.54. The lowest BCUT2D eigenvalue weighted by molar-refractivity contribution is -0.177. The number of carboxylic acid groups (broad SMARTS) is 1. The Labute approximate surface area is 161 Å². The summed E-state index contributed by atoms with van der Waals surface area (Å²) in [6, 6.07) is 2.08. The largest absolute Gasteiger partial charge is 0.480 e. The molecule has 1 aliphatic rings. The van der Waals surface area contributed by atoms with Crippen LogP contribution in [0, 0.1) is 5.92 Å². The van der Waals surface area contributed by atoms with Crippen LogP contribution in [0.3, 0.4) is 0 Å². The maximum Gasteiger partial charge on any atom is 0.327 e. The Bertz CT molecular complexity index is 889. The number of nitrogens with two attached hydrogens (primary N) is 1. The van der Waals surface area contributed by atoms with Crippen LogP contribution in [-0.2, 0) is 20.8 Å². The molecule has 1 aliphatic heterocycles. The van der Waals surface area contributed by atoms with Gasteiger partial charge in [-0.05, 0) is 30.5 Å². The average Bonchev–Trinajstić information content (AvgIpc) is 2.68. The van der Waals surface area contributed by atoms with E-state index in [2.05, 4.69) is 15.0 Å². The Kier molecular flexibility index (Phi) is 5.62. The SMILES string of the molecule is CC[C@@H](CC(=O)N1C(=O)[C@H](Cc2ccnc(N)c2)[C@H]1C(=O)O)c1cnccn1. The van der Waals surface area contributed by atoms with Gasteiger partial charge in [-0.2, -0.15) is 0 Å². The third kappa shape index (κ3) is 3.83. The van der Waals surface area contributed by atoms with E-state index in [-0.39, 0.29) is 18.8 Å². The van der Waals surface area contributed by atoms with Gasteiger partial charge in [-0.1, -0.05) is 6.92 Å². The molecule has 0 aliphatic carbocycles. The van der Waals surface area contributed by atoms with Crippen molar-refractivity contribution in [2.45, 2.75) is 38.1 Å². The summed E-state index contributed by atoms with van der Waals surface area (Å²) in [6.07, 6.45) is 6.95. The van der Waals surface area contributed by atoms with Crippen LogP contribution in [-0.4, -0.2) is 48.8 Å². The van der Waals surface area contributed by atoms with Crippen molar-refractivity contribution in [2.24, 2.45) is 5.92 Å². The fourth-order valence-corrected chi connectivity index (χ4v) is 3.47. The molecule has 1 fully saturated rings. The Morgan fingerprint density at radius 2 is 2.07 bits per heavy atom. The Morgan fingerprint density at radius 1 is 1.29 bits per heavy atom. The number of nitrogens with zero attached hydrogens (tertiary/aromatic N) is 4. The predicted octanol–water partition coefficient (Wildman–Crippen LogP) is 1.02. The zero-order valence-electron chi connectivity index (χ0n) is 15.4. The minimum Gasteiger partial charge on any atom is -0.480 e. The number of aliphatic carboxylic acids is 1. The van der Waals surface area contributed by atoms with Crippen LogP contribution in [0.15, 0.2) is 36.9 Å². The first kappa shape index (κ1) is 19.4. The zero-order valence-corrected chi connectivity index (χ0v) is 15.4. The first-order chi connectivity index (χ1) is 13.4. The van der Waals surface area contributed by atoms with Crippen LogP contribution in [0.5, 0.6) is 0 Å². The zero-order chi connectivity index (χ0) is 20.3. The van der Waals surface area contributed by atoms with Gasteiger partial charge >= 0.3 is 5.97 Å². The quantitative estimate of drug-likeness (QED) is 0.676. The van der Waals surface area contributed by atoms with Crippen LogP contribution < -0.4 is 5.73 Å². The average molecular weight is 383 g/mol. The predicted molar refractivity (Wildman–Crippen MR) is 98.8 cm³/mol. The van der Waals surface area contributed by atoms with Gasteiger partial charge in [0.25, 0.3) is 0 Å².